The molecule has 1 aliphatic heterocycles. The SMILES string of the molecule is CC(NC(=O)C1CCC(N)C(C)C1(C)C)C1CCOCC1. The zero-order chi connectivity index (χ0) is 15.6. The van der Waals surface area contributed by atoms with Crippen molar-refractivity contribution >= 4 is 5.91 Å². The molecular formula is C17H32N2O2. The van der Waals surface area contributed by atoms with E-state index in [-0.39, 0.29) is 29.3 Å². The Morgan fingerprint density at radius 1 is 1.24 bits per heavy atom. The molecule has 2 fully saturated rings. The summed E-state index contributed by atoms with van der Waals surface area (Å²) < 4.78 is 5.40. The van der Waals surface area contributed by atoms with Crippen LogP contribution in [-0.4, -0.2) is 31.2 Å². The number of carbonyl (C=O) groups excluding carboxylic acids is 1. The quantitative estimate of drug-likeness (QED) is 0.840. The molecule has 4 atom stereocenters. The van der Waals surface area contributed by atoms with Gasteiger partial charge in [-0.2, -0.15) is 0 Å². The monoisotopic (exact) mass is 296 g/mol. The number of nitrogens with one attached hydrogen (secondary N) is 1. The minimum Gasteiger partial charge on any atom is -0.381 e. The van der Waals surface area contributed by atoms with Gasteiger partial charge in [-0.1, -0.05) is 20.8 Å². The lowest BCUT2D eigenvalue weighted by atomic mass is 9.61. The van der Waals surface area contributed by atoms with Crippen molar-refractivity contribution in [3.05, 3.63) is 0 Å². The molecule has 1 heterocycles. The first kappa shape index (κ1) is 16.8. The van der Waals surface area contributed by atoms with E-state index in [4.69, 9.17) is 10.5 Å². The third-order valence-electron chi connectivity index (χ3n) is 6.16. The summed E-state index contributed by atoms with van der Waals surface area (Å²) >= 11 is 0. The number of carbonyl (C=O) groups is 1. The van der Waals surface area contributed by atoms with Crippen LogP contribution in [0.15, 0.2) is 0 Å². The van der Waals surface area contributed by atoms with E-state index < -0.39 is 0 Å². The number of hydrogen-bond donors (Lipinski definition) is 2. The molecule has 2 rings (SSSR count). The Kier molecular flexibility index (Phi) is 5.31. The van der Waals surface area contributed by atoms with Crippen LogP contribution < -0.4 is 11.1 Å². The molecule has 122 valence electrons. The second-order valence-electron chi connectivity index (χ2n) is 7.65. The van der Waals surface area contributed by atoms with Gasteiger partial charge in [0.1, 0.15) is 0 Å². The van der Waals surface area contributed by atoms with Gasteiger partial charge in [0, 0.05) is 31.2 Å². The van der Waals surface area contributed by atoms with Crippen molar-refractivity contribution in [3.63, 3.8) is 0 Å². The number of ether oxygens (including phenoxy) is 1. The van der Waals surface area contributed by atoms with Gasteiger partial charge in [-0.25, -0.2) is 0 Å². The summed E-state index contributed by atoms with van der Waals surface area (Å²) in [6, 6.07) is 0.458. The second kappa shape index (κ2) is 6.66. The van der Waals surface area contributed by atoms with Crippen LogP contribution in [-0.2, 0) is 9.53 Å². The molecule has 4 nitrogen and oxygen atoms in total. The maximum atomic E-state index is 12.7. The van der Waals surface area contributed by atoms with Crippen LogP contribution in [0.25, 0.3) is 0 Å². The van der Waals surface area contributed by atoms with E-state index in [1.54, 1.807) is 0 Å². The fraction of sp³-hybridized carbons (Fsp3) is 0.941. The summed E-state index contributed by atoms with van der Waals surface area (Å²) in [7, 11) is 0. The Bertz CT molecular complexity index is 364. The fourth-order valence-corrected chi connectivity index (χ4v) is 3.98. The normalized spacial score (nSPS) is 35.2. The van der Waals surface area contributed by atoms with Gasteiger partial charge in [0.2, 0.25) is 5.91 Å². The van der Waals surface area contributed by atoms with Crippen molar-refractivity contribution in [2.24, 2.45) is 28.9 Å². The first-order chi connectivity index (χ1) is 9.84. The highest BCUT2D eigenvalue weighted by atomic mass is 16.5. The minimum atomic E-state index is -0.0306. The zero-order valence-electron chi connectivity index (χ0n) is 14.0. The fourth-order valence-electron chi connectivity index (χ4n) is 3.98. The van der Waals surface area contributed by atoms with Crippen LogP contribution in [0.3, 0.4) is 0 Å². The molecule has 1 aliphatic carbocycles. The predicted molar refractivity (Wildman–Crippen MR) is 84.8 cm³/mol. The van der Waals surface area contributed by atoms with Crippen molar-refractivity contribution in [1.29, 1.82) is 0 Å². The van der Waals surface area contributed by atoms with Gasteiger partial charge in [0.15, 0.2) is 0 Å². The van der Waals surface area contributed by atoms with Gasteiger partial charge in [0.25, 0.3) is 0 Å². The molecule has 0 aromatic carbocycles. The average Bonchev–Trinajstić information content (AvgIpc) is 2.45. The van der Waals surface area contributed by atoms with Crippen LogP contribution in [0.5, 0.6) is 0 Å². The molecular weight excluding hydrogens is 264 g/mol. The number of nitrogens with two attached hydrogens (primary N) is 1. The maximum Gasteiger partial charge on any atom is 0.223 e. The Labute approximate surface area is 129 Å². The van der Waals surface area contributed by atoms with Crippen molar-refractivity contribution < 1.29 is 9.53 Å². The molecule has 0 bridgehead atoms. The molecule has 1 saturated heterocycles. The zero-order valence-corrected chi connectivity index (χ0v) is 14.0. The van der Waals surface area contributed by atoms with E-state index in [1.165, 1.54) is 0 Å². The van der Waals surface area contributed by atoms with Gasteiger partial charge in [-0.15, -0.1) is 0 Å². The largest absolute Gasteiger partial charge is 0.381 e. The van der Waals surface area contributed by atoms with E-state index in [2.05, 4.69) is 33.0 Å². The van der Waals surface area contributed by atoms with Crippen LogP contribution >= 0.6 is 0 Å². The number of rotatable bonds is 3. The molecule has 2 aliphatic rings. The Balaban J connectivity index is 1.95. The number of hydrogen-bond acceptors (Lipinski definition) is 3. The highest BCUT2D eigenvalue weighted by Gasteiger charge is 2.45. The lowest BCUT2D eigenvalue weighted by molar-refractivity contribution is -0.133. The van der Waals surface area contributed by atoms with Crippen LogP contribution in [0.4, 0.5) is 0 Å². The van der Waals surface area contributed by atoms with Crippen LogP contribution in [0, 0.1) is 23.2 Å². The maximum absolute atomic E-state index is 12.7. The smallest absolute Gasteiger partial charge is 0.223 e. The third-order valence-corrected chi connectivity index (χ3v) is 6.16. The lowest BCUT2D eigenvalue weighted by Gasteiger charge is -2.46. The minimum absolute atomic E-state index is 0.0306. The third kappa shape index (κ3) is 3.59. The molecule has 0 spiro atoms. The Hall–Kier alpha value is -0.610. The van der Waals surface area contributed by atoms with Crippen LogP contribution in [0.1, 0.15) is 53.4 Å². The van der Waals surface area contributed by atoms with E-state index in [0.29, 0.717) is 11.8 Å². The highest BCUT2D eigenvalue weighted by Crippen LogP contribution is 2.44. The van der Waals surface area contributed by atoms with Crippen molar-refractivity contribution in [3.8, 4) is 0 Å². The standard InChI is InChI=1S/C17H32N2O2/c1-11-15(18)6-5-14(17(11,3)4)16(20)19-12(2)13-7-9-21-10-8-13/h11-15H,5-10,18H2,1-4H3,(H,19,20). The van der Waals surface area contributed by atoms with Gasteiger partial charge in [0.05, 0.1) is 0 Å². The van der Waals surface area contributed by atoms with E-state index in [1.807, 2.05) is 0 Å². The summed E-state index contributed by atoms with van der Waals surface area (Å²) in [6.07, 6.45) is 3.97. The molecule has 21 heavy (non-hydrogen) atoms. The average molecular weight is 296 g/mol. The van der Waals surface area contributed by atoms with Crippen LogP contribution in [0.2, 0.25) is 0 Å². The first-order valence-electron chi connectivity index (χ1n) is 8.47. The molecule has 0 aromatic heterocycles. The number of amides is 1. The molecule has 4 unspecified atom stereocenters. The molecule has 0 aromatic rings. The van der Waals surface area contributed by atoms with Crippen molar-refractivity contribution in [2.75, 3.05) is 13.2 Å². The van der Waals surface area contributed by atoms with E-state index in [9.17, 15) is 4.79 Å². The summed E-state index contributed by atoms with van der Waals surface area (Å²) in [5.41, 5.74) is 6.16. The lowest BCUT2D eigenvalue weighted by Crippen LogP contribution is -2.53. The molecule has 0 radical (unpaired) electrons. The second-order valence-corrected chi connectivity index (χ2v) is 7.65. The summed E-state index contributed by atoms with van der Waals surface area (Å²) in [4.78, 5) is 12.7. The topological polar surface area (TPSA) is 64.4 Å². The van der Waals surface area contributed by atoms with Gasteiger partial charge in [-0.05, 0) is 49.9 Å². The summed E-state index contributed by atoms with van der Waals surface area (Å²) in [5.74, 6) is 1.22. The molecule has 4 heteroatoms. The Morgan fingerprint density at radius 2 is 1.86 bits per heavy atom. The summed E-state index contributed by atoms with van der Waals surface area (Å²) in [6.45, 7) is 10.4. The summed E-state index contributed by atoms with van der Waals surface area (Å²) in [5, 5.41) is 3.28. The molecule has 1 amide bonds. The first-order valence-corrected chi connectivity index (χ1v) is 8.47. The molecule has 3 N–H and O–H groups in total. The van der Waals surface area contributed by atoms with Gasteiger partial charge < -0.3 is 15.8 Å². The Morgan fingerprint density at radius 3 is 2.48 bits per heavy atom. The molecule has 1 saturated carbocycles. The van der Waals surface area contributed by atoms with Gasteiger partial charge in [-0.3, -0.25) is 4.79 Å². The van der Waals surface area contributed by atoms with E-state index >= 15 is 0 Å². The van der Waals surface area contributed by atoms with Crippen molar-refractivity contribution in [1.82, 2.24) is 5.32 Å². The van der Waals surface area contributed by atoms with E-state index in [0.717, 1.165) is 38.9 Å². The highest BCUT2D eigenvalue weighted by molar-refractivity contribution is 5.80. The predicted octanol–water partition coefficient (Wildman–Crippen LogP) is 2.32. The van der Waals surface area contributed by atoms with Gasteiger partial charge >= 0.3 is 0 Å². The van der Waals surface area contributed by atoms with Crippen molar-refractivity contribution in [2.45, 2.75) is 65.5 Å².